The second-order valence-electron chi connectivity index (χ2n) is 8.58. The van der Waals surface area contributed by atoms with E-state index >= 15 is 0 Å². The minimum Gasteiger partial charge on any atom is -0.366 e. The van der Waals surface area contributed by atoms with E-state index < -0.39 is 0 Å². The minimum absolute atomic E-state index is 0.362. The number of nitrogens with zero attached hydrogens (tertiary/aromatic N) is 5. The number of fused-ring (bicyclic) bond motifs is 1. The quantitative estimate of drug-likeness (QED) is 0.802. The largest absolute Gasteiger partial charge is 0.366 e. The van der Waals surface area contributed by atoms with Gasteiger partial charge in [-0.2, -0.15) is 0 Å². The number of likely N-dealkylation sites (tertiary alicyclic amines) is 1. The van der Waals surface area contributed by atoms with E-state index in [1.165, 1.54) is 41.8 Å². The lowest BCUT2D eigenvalue weighted by Crippen LogP contribution is -2.47. The fourth-order valence-electron chi connectivity index (χ4n) is 4.31. The van der Waals surface area contributed by atoms with Crippen molar-refractivity contribution < 1.29 is 0 Å². The zero-order valence-electron chi connectivity index (χ0n) is 17.8. The van der Waals surface area contributed by atoms with E-state index in [4.69, 9.17) is 9.97 Å². The van der Waals surface area contributed by atoms with Crippen molar-refractivity contribution in [2.75, 3.05) is 58.2 Å². The van der Waals surface area contributed by atoms with Crippen LogP contribution in [0.4, 0.5) is 5.82 Å². The average molecular weight is 403 g/mol. The zero-order chi connectivity index (χ0) is 19.7. The molecular weight excluding hydrogens is 368 g/mol. The summed E-state index contributed by atoms with van der Waals surface area (Å²) in [5.74, 6) is 1.99. The third-order valence-corrected chi connectivity index (χ3v) is 7.25. The topological polar surface area (TPSA) is 47.5 Å². The summed E-state index contributed by atoms with van der Waals surface area (Å²) in [6.07, 6.45) is 2.60. The van der Waals surface area contributed by atoms with Crippen molar-refractivity contribution in [2.24, 2.45) is 0 Å². The van der Waals surface area contributed by atoms with Crippen LogP contribution in [0.2, 0.25) is 0 Å². The third-order valence-electron chi connectivity index (χ3n) is 6.15. The molecule has 2 saturated heterocycles. The van der Waals surface area contributed by atoms with Crippen molar-refractivity contribution in [3.8, 4) is 0 Å². The first kappa shape index (κ1) is 20.0. The first-order chi connectivity index (χ1) is 13.5. The fraction of sp³-hybridized carbons (Fsp3) is 0.714. The Morgan fingerprint density at radius 1 is 1.00 bits per heavy atom. The molecule has 1 atom stereocenters. The molecule has 6 nitrogen and oxygen atoms in total. The number of nitrogens with one attached hydrogen (secondary N) is 1. The molecule has 2 aliphatic rings. The number of aryl methyl sites for hydroxylation is 2. The summed E-state index contributed by atoms with van der Waals surface area (Å²) in [4.78, 5) is 19.8. The lowest BCUT2D eigenvalue weighted by atomic mass is 10.2. The summed E-state index contributed by atoms with van der Waals surface area (Å²) in [6.45, 7) is 15.6. The van der Waals surface area contributed by atoms with Crippen molar-refractivity contribution in [1.82, 2.24) is 24.7 Å². The van der Waals surface area contributed by atoms with Crippen LogP contribution < -0.4 is 5.32 Å². The molecule has 0 bridgehead atoms. The Morgan fingerprint density at radius 3 is 2.43 bits per heavy atom. The minimum atomic E-state index is 0.362. The normalized spacial score (nSPS) is 20.9. The molecule has 154 valence electrons. The van der Waals surface area contributed by atoms with Gasteiger partial charge < -0.3 is 10.2 Å². The zero-order valence-corrected chi connectivity index (χ0v) is 18.6. The average Bonchev–Trinajstić information content (AvgIpc) is 3.25. The number of aromatic nitrogens is 2. The van der Waals surface area contributed by atoms with E-state index in [1.54, 1.807) is 11.3 Å². The van der Waals surface area contributed by atoms with Crippen LogP contribution in [0.15, 0.2) is 0 Å². The molecule has 28 heavy (non-hydrogen) atoms. The van der Waals surface area contributed by atoms with Crippen LogP contribution >= 0.6 is 11.3 Å². The van der Waals surface area contributed by atoms with Gasteiger partial charge in [-0.1, -0.05) is 0 Å². The van der Waals surface area contributed by atoms with E-state index in [1.807, 2.05) is 0 Å². The highest BCUT2D eigenvalue weighted by Crippen LogP contribution is 2.34. The predicted molar refractivity (Wildman–Crippen MR) is 118 cm³/mol. The smallest absolute Gasteiger partial charge is 0.146 e. The number of thiophene rings is 1. The van der Waals surface area contributed by atoms with Crippen LogP contribution in [0.5, 0.6) is 0 Å². The van der Waals surface area contributed by atoms with Gasteiger partial charge in [0.2, 0.25) is 0 Å². The number of piperazine rings is 1. The van der Waals surface area contributed by atoms with E-state index in [2.05, 4.69) is 47.8 Å². The fourth-order valence-corrected chi connectivity index (χ4v) is 5.35. The van der Waals surface area contributed by atoms with Gasteiger partial charge >= 0.3 is 0 Å². The summed E-state index contributed by atoms with van der Waals surface area (Å²) in [6, 6.07) is 0.362. The van der Waals surface area contributed by atoms with Gasteiger partial charge in [-0.15, -0.1) is 11.3 Å². The molecule has 7 heteroatoms. The van der Waals surface area contributed by atoms with E-state index in [0.717, 1.165) is 55.7 Å². The van der Waals surface area contributed by atoms with Crippen LogP contribution in [0.1, 0.15) is 36.0 Å². The molecule has 0 saturated carbocycles. The summed E-state index contributed by atoms with van der Waals surface area (Å²) in [5.41, 5.74) is 1.32. The van der Waals surface area contributed by atoms with Crippen LogP contribution in [-0.2, 0) is 6.54 Å². The van der Waals surface area contributed by atoms with Gasteiger partial charge in [0.15, 0.2) is 0 Å². The van der Waals surface area contributed by atoms with E-state index in [0.29, 0.717) is 6.04 Å². The molecule has 0 amide bonds. The van der Waals surface area contributed by atoms with Gasteiger partial charge in [0.25, 0.3) is 0 Å². The second kappa shape index (κ2) is 8.61. The molecule has 1 unspecified atom stereocenters. The Hall–Kier alpha value is -1.28. The molecule has 4 heterocycles. The summed E-state index contributed by atoms with van der Waals surface area (Å²) < 4.78 is 0. The Balaban J connectivity index is 1.53. The van der Waals surface area contributed by atoms with Gasteiger partial charge in [-0.3, -0.25) is 9.80 Å². The van der Waals surface area contributed by atoms with Crippen molar-refractivity contribution in [2.45, 2.75) is 46.2 Å². The van der Waals surface area contributed by atoms with Crippen molar-refractivity contribution in [1.29, 1.82) is 0 Å². The molecule has 0 radical (unpaired) electrons. The van der Waals surface area contributed by atoms with Crippen molar-refractivity contribution in [3.63, 3.8) is 0 Å². The van der Waals surface area contributed by atoms with E-state index in [9.17, 15) is 0 Å². The van der Waals surface area contributed by atoms with Gasteiger partial charge in [0.05, 0.1) is 11.9 Å². The van der Waals surface area contributed by atoms with Crippen molar-refractivity contribution >= 4 is 27.4 Å². The molecule has 0 spiro atoms. The molecular formula is C21H34N6S. The number of likely N-dealkylation sites (N-methyl/N-ethyl adjacent to an activating group) is 1. The molecule has 2 aromatic heterocycles. The Bertz CT molecular complexity index is 805. The maximum absolute atomic E-state index is 5.00. The molecule has 0 aromatic carbocycles. The van der Waals surface area contributed by atoms with Gasteiger partial charge in [0.1, 0.15) is 16.5 Å². The van der Waals surface area contributed by atoms with Crippen LogP contribution in [-0.4, -0.2) is 83.6 Å². The second-order valence-corrected chi connectivity index (χ2v) is 9.79. The van der Waals surface area contributed by atoms with E-state index in [-0.39, 0.29) is 0 Å². The van der Waals surface area contributed by atoms with Crippen LogP contribution in [0, 0.1) is 13.8 Å². The molecule has 1 N–H and O–H groups in total. The van der Waals surface area contributed by atoms with Crippen molar-refractivity contribution in [3.05, 3.63) is 16.3 Å². The lowest BCUT2D eigenvalue weighted by molar-refractivity contribution is 0.151. The number of rotatable bonds is 6. The highest BCUT2D eigenvalue weighted by Gasteiger charge is 2.20. The van der Waals surface area contributed by atoms with Crippen LogP contribution in [0.25, 0.3) is 10.2 Å². The summed E-state index contributed by atoms with van der Waals surface area (Å²) in [7, 11) is 2.21. The Labute approximate surface area is 172 Å². The number of anilines is 1. The number of hydrogen-bond acceptors (Lipinski definition) is 7. The summed E-state index contributed by atoms with van der Waals surface area (Å²) >= 11 is 1.80. The lowest BCUT2D eigenvalue weighted by Gasteiger charge is -2.34. The molecule has 0 aliphatic carbocycles. The maximum atomic E-state index is 5.00. The monoisotopic (exact) mass is 402 g/mol. The van der Waals surface area contributed by atoms with Gasteiger partial charge in [-0.25, -0.2) is 9.97 Å². The maximum Gasteiger partial charge on any atom is 0.146 e. The van der Waals surface area contributed by atoms with Crippen LogP contribution in [0.3, 0.4) is 0 Å². The Kier molecular flexibility index (Phi) is 6.16. The Morgan fingerprint density at radius 2 is 1.71 bits per heavy atom. The first-order valence-corrected chi connectivity index (χ1v) is 11.5. The molecule has 4 rings (SSSR count). The SMILES string of the molecule is Cc1sc2nc(CN3CCCC3)nc(NC(C)CN3CCN(C)CC3)c2c1C. The standard InChI is InChI=1S/C21H34N6S/c1-15(13-27-11-9-25(4)10-12-27)22-20-19-16(2)17(3)28-21(19)24-18(23-20)14-26-7-5-6-8-26/h15H,5-14H2,1-4H3,(H,22,23,24). The highest BCUT2D eigenvalue weighted by molar-refractivity contribution is 7.18. The predicted octanol–water partition coefficient (Wildman–Crippen LogP) is 2.95. The highest BCUT2D eigenvalue weighted by atomic mass is 32.1. The molecule has 2 aromatic rings. The number of hydrogen-bond donors (Lipinski definition) is 1. The molecule has 2 fully saturated rings. The molecule has 2 aliphatic heterocycles. The van der Waals surface area contributed by atoms with Gasteiger partial charge in [0, 0.05) is 43.6 Å². The summed E-state index contributed by atoms with van der Waals surface area (Å²) in [5, 5.41) is 4.96. The third kappa shape index (κ3) is 4.48. The first-order valence-electron chi connectivity index (χ1n) is 10.7. The van der Waals surface area contributed by atoms with Gasteiger partial charge in [-0.05, 0) is 59.3 Å².